The fraction of sp³-hybridized carbons (Fsp3) is 0.400. The SMILES string of the molecule is CCN(CC(O)c1ccc(C)cc1)C(=O)NCCc1ccncc1C. The quantitative estimate of drug-likeness (QED) is 0.813. The molecule has 1 aromatic carbocycles. The fourth-order valence-electron chi connectivity index (χ4n) is 2.66. The van der Waals surface area contributed by atoms with Gasteiger partial charge in [0.15, 0.2) is 0 Å². The molecule has 2 aromatic rings. The number of aliphatic hydroxyl groups is 1. The Morgan fingerprint density at radius 2 is 1.96 bits per heavy atom. The lowest BCUT2D eigenvalue weighted by atomic mass is 10.1. The summed E-state index contributed by atoms with van der Waals surface area (Å²) in [5, 5.41) is 13.3. The number of nitrogens with zero attached hydrogens (tertiary/aromatic N) is 2. The van der Waals surface area contributed by atoms with Gasteiger partial charge in [-0.15, -0.1) is 0 Å². The number of likely N-dealkylation sites (N-methyl/N-ethyl adjacent to an activating group) is 1. The molecule has 0 aliphatic rings. The number of aromatic nitrogens is 1. The Morgan fingerprint density at radius 3 is 2.60 bits per heavy atom. The smallest absolute Gasteiger partial charge is 0.317 e. The van der Waals surface area contributed by atoms with Gasteiger partial charge in [-0.1, -0.05) is 29.8 Å². The van der Waals surface area contributed by atoms with Crippen LogP contribution in [0.5, 0.6) is 0 Å². The number of hydrogen-bond donors (Lipinski definition) is 2. The van der Waals surface area contributed by atoms with E-state index >= 15 is 0 Å². The third-order valence-electron chi connectivity index (χ3n) is 4.33. The van der Waals surface area contributed by atoms with E-state index in [9.17, 15) is 9.90 Å². The maximum Gasteiger partial charge on any atom is 0.317 e. The first-order valence-electron chi connectivity index (χ1n) is 8.68. The van der Waals surface area contributed by atoms with Gasteiger partial charge in [-0.05, 0) is 49.9 Å². The van der Waals surface area contributed by atoms with Crippen molar-refractivity contribution in [1.82, 2.24) is 15.2 Å². The molecule has 25 heavy (non-hydrogen) atoms. The van der Waals surface area contributed by atoms with Crippen molar-refractivity contribution in [2.45, 2.75) is 33.3 Å². The van der Waals surface area contributed by atoms with Gasteiger partial charge in [0.2, 0.25) is 0 Å². The predicted octanol–water partition coefficient (Wildman–Crippen LogP) is 3.01. The highest BCUT2D eigenvalue weighted by atomic mass is 16.3. The summed E-state index contributed by atoms with van der Waals surface area (Å²) in [4.78, 5) is 18.1. The second kappa shape index (κ2) is 9.18. The van der Waals surface area contributed by atoms with Crippen LogP contribution in [-0.2, 0) is 6.42 Å². The molecule has 1 atom stereocenters. The van der Waals surface area contributed by atoms with Gasteiger partial charge in [0.25, 0.3) is 0 Å². The largest absolute Gasteiger partial charge is 0.387 e. The Balaban J connectivity index is 1.85. The lowest BCUT2D eigenvalue weighted by molar-refractivity contribution is 0.123. The van der Waals surface area contributed by atoms with Crippen molar-refractivity contribution in [3.63, 3.8) is 0 Å². The van der Waals surface area contributed by atoms with E-state index in [1.807, 2.05) is 57.3 Å². The molecule has 0 saturated carbocycles. The molecule has 5 nitrogen and oxygen atoms in total. The lowest BCUT2D eigenvalue weighted by Crippen LogP contribution is -2.42. The maximum atomic E-state index is 12.4. The van der Waals surface area contributed by atoms with Crippen LogP contribution in [0.15, 0.2) is 42.7 Å². The summed E-state index contributed by atoms with van der Waals surface area (Å²) in [5.74, 6) is 0. The second-order valence-corrected chi connectivity index (χ2v) is 6.25. The number of hydrogen-bond acceptors (Lipinski definition) is 3. The third kappa shape index (κ3) is 5.57. The van der Waals surface area contributed by atoms with Gasteiger partial charge in [-0.2, -0.15) is 0 Å². The fourth-order valence-corrected chi connectivity index (χ4v) is 2.66. The summed E-state index contributed by atoms with van der Waals surface area (Å²) in [6, 6.07) is 9.55. The van der Waals surface area contributed by atoms with Crippen LogP contribution in [0.2, 0.25) is 0 Å². The number of aliphatic hydroxyl groups excluding tert-OH is 1. The highest BCUT2D eigenvalue weighted by molar-refractivity contribution is 5.74. The molecule has 0 bridgehead atoms. The Labute approximate surface area is 149 Å². The van der Waals surface area contributed by atoms with Gasteiger partial charge < -0.3 is 15.3 Å². The molecule has 2 rings (SSSR count). The Hall–Kier alpha value is -2.40. The van der Waals surface area contributed by atoms with E-state index in [0.717, 1.165) is 23.1 Å². The van der Waals surface area contributed by atoms with Crippen LogP contribution in [0.3, 0.4) is 0 Å². The molecule has 0 aliphatic carbocycles. The maximum absolute atomic E-state index is 12.4. The molecule has 0 fully saturated rings. The standard InChI is InChI=1S/C20H27N3O2/c1-4-23(14-19(24)18-7-5-15(2)6-8-18)20(25)22-12-10-17-9-11-21-13-16(17)3/h5-9,11,13,19,24H,4,10,12,14H2,1-3H3,(H,22,25). The lowest BCUT2D eigenvalue weighted by Gasteiger charge is -2.24. The van der Waals surface area contributed by atoms with Crippen LogP contribution in [0.1, 0.15) is 35.3 Å². The van der Waals surface area contributed by atoms with Gasteiger partial charge in [-0.3, -0.25) is 4.98 Å². The number of carbonyl (C=O) groups is 1. The van der Waals surface area contributed by atoms with Crippen molar-refractivity contribution in [2.24, 2.45) is 0 Å². The van der Waals surface area contributed by atoms with Crippen molar-refractivity contribution in [3.05, 3.63) is 65.0 Å². The summed E-state index contributed by atoms with van der Waals surface area (Å²) < 4.78 is 0. The van der Waals surface area contributed by atoms with E-state index in [0.29, 0.717) is 13.1 Å². The van der Waals surface area contributed by atoms with Crippen molar-refractivity contribution in [1.29, 1.82) is 0 Å². The Kier molecular flexibility index (Phi) is 6.95. The molecule has 1 heterocycles. The van der Waals surface area contributed by atoms with Crippen LogP contribution < -0.4 is 5.32 Å². The average molecular weight is 341 g/mol. The van der Waals surface area contributed by atoms with Crippen molar-refractivity contribution < 1.29 is 9.90 Å². The van der Waals surface area contributed by atoms with Crippen LogP contribution in [-0.4, -0.2) is 40.7 Å². The number of carbonyl (C=O) groups excluding carboxylic acids is 1. The first kappa shape index (κ1) is 18.9. The Morgan fingerprint density at radius 1 is 1.24 bits per heavy atom. The van der Waals surface area contributed by atoms with E-state index in [-0.39, 0.29) is 12.6 Å². The number of amides is 2. The predicted molar refractivity (Wildman–Crippen MR) is 99.5 cm³/mol. The van der Waals surface area contributed by atoms with Crippen LogP contribution >= 0.6 is 0 Å². The topological polar surface area (TPSA) is 65.5 Å². The number of nitrogens with one attached hydrogen (secondary N) is 1. The monoisotopic (exact) mass is 341 g/mol. The van der Waals surface area contributed by atoms with Gasteiger partial charge in [-0.25, -0.2) is 4.79 Å². The van der Waals surface area contributed by atoms with Gasteiger partial charge >= 0.3 is 6.03 Å². The van der Waals surface area contributed by atoms with Crippen LogP contribution in [0.25, 0.3) is 0 Å². The number of aryl methyl sites for hydroxylation is 2. The van der Waals surface area contributed by atoms with E-state index in [4.69, 9.17) is 0 Å². The summed E-state index contributed by atoms with van der Waals surface area (Å²) in [7, 11) is 0. The molecule has 0 radical (unpaired) electrons. The number of urea groups is 1. The van der Waals surface area contributed by atoms with Gasteiger partial charge in [0, 0.05) is 25.5 Å². The minimum atomic E-state index is -0.686. The van der Waals surface area contributed by atoms with E-state index < -0.39 is 6.10 Å². The van der Waals surface area contributed by atoms with E-state index in [1.165, 1.54) is 5.56 Å². The van der Waals surface area contributed by atoms with E-state index in [1.54, 1.807) is 11.1 Å². The summed E-state index contributed by atoms with van der Waals surface area (Å²) in [5.41, 5.74) is 4.27. The molecule has 2 amide bonds. The average Bonchev–Trinajstić information content (AvgIpc) is 2.61. The minimum Gasteiger partial charge on any atom is -0.387 e. The van der Waals surface area contributed by atoms with Crippen LogP contribution in [0, 0.1) is 13.8 Å². The normalized spacial score (nSPS) is 11.8. The number of benzene rings is 1. The summed E-state index contributed by atoms with van der Waals surface area (Å²) in [6.07, 6.45) is 3.67. The molecular weight excluding hydrogens is 314 g/mol. The summed E-state index contributed by atoms with van der Waals surface area (Å²) in [6.45, 7) is 7.31. The molecule has 1 unspecified atom stereocenters. The zero-order valence-corrected chi connectivity index (χ0v) is 15.2. The first-order valence-corrected chi connectivity index (χ1v) is 8.68. The van der Waals surface area contributed by atoms with Gasteiger partial charge in [0.05, 0.1) is 12.6 Å². The molecule has 1 aromatic heterocycles. The highest BCUT2D eigenvalue weighted by Crippen LogP contribution is 2.15. The zero-order chi connectivity index (χ0) is 18.2. The molecule has 0 saturated heterocycles. The molecule has 5 heteroatoms. The number of rotatable bonds is 7. The highest BCUT2D eigenvalue weighted by Gasteiger charge is 2.17. The van der Waals surface area contributed by atoms with Crippen molar-refractivity contribution >= 4 is 6.03 Å². The van der Waals surface area contributed by atoms with Crippen molar-refractivity contribution in [3.8, 4) is 0 Å². The van der Waals surface area contributed by atoms with Gasteiger partial charge in [0.1, 0.15) is 0 Å². The molecular formula is C20H27N3O2. The molecule has 134 valence electrons. The van der Waals surface area contributed by atoms with E-state index in [2.05, 4.69) is 10.3 Å². The minimum absolute atomic E-state index is 0.152. The van der Waals surface area contributed by atoms with Crippen molar-refractivity contribution in [2.75, 3.05) is 19.6 Å². The number of pyridine rings is 1. The third-order valence-corrected chi connectivity index (χ3v) is 4.33. The molecule has 0 aliphatic heterocycles. The zero-order valence-electron chi connectivity index (χ0n) is 15.2. The first-order chi connectivity index (χ1) is 12.0. The van der Waals surface area contributed by atoms with Crippen LogP contribution in [0.4, 0.5) is 4.79 Å². The second-order valence-electron chi connectivity index (χ2n) is 6.25. The molecule has 2 N–H and O–H groups in total. The molecule has 0 spiro atoms. The Bertz CT molecular complexity index is 686. The summed E-state index contributed by atoms with van der Waals surface area (Å²) >= 11 is 0.